The Morgan fingerprint density at radius 3 is 1.09 bits per heavy atom. The van der Waals surface area contributed by atoms with Crippen molar-refractivity contribution in [3.63, 3.8) is 0 Å². The van der Waals surface area contributed by atoms with E-state index in [1.807, 2.05) is 0 Å². The third-order valence-corrected chi connectivity index (χ3v) is 5.09. The summed E-state index contributed by atoms with van der Waals surface area (Å²) in [7, 11) is -4.00. The summed E-state index contributed by atoms with van der Waals surface area (Å²) >= 11 is -3.41. The Kier molecular flexibility index (Phi) is 20.9. The van der Waals surface area contributed by atoms with Crippen LogP contribution in [0, 0.1) is 0 Å². The molecule has 0 amide bonds. The third-order valence-electron chi connectivity index (χ3n) is 2.91. The Hall–Kier alpha value is -1.74. The molecule has 2 atom stereocenters. The van der Waals surface area contributed by atoms with Gasteiger partial charge in [-0.1, -0.05) is 54.6 Å². The summed E-state index contributed by atoms with van der Waals surface area (Å²) in [5.74, 6) is 0. The molecule has 13 heteroatoms. The number of benzene rings is 3. The first kappa shape index (κ1) is 34.4. The standard InChI is InChI=1S/C6H6O3S.2C6H6O2S.C3H8O.O.Ti/c7-10(8,9)6-4-2-1-3-5-6;2*7-9(8)6-4-2-1-3-5-6;1-3(2)4;;/h1-5H,(H,7,8,9);2*1-5H,(H,7,8);3-4H,1-2H3;;/q;;;;;+2/p-2. The minimum absolute atomic E-state index is 0.0741. The summed E-state index contributed by atoms with van der Waals surface area (Å²) in [5.41, 5.74) is 0. The van der Waals surface area contributed by atoms with Crippen LogP contribution >= 0.6 is 0 Å². The number of aliphatic hydroxyl groups excluding tert-OH is 1. The van der Waals surface area contributed by atoms with E-state index >= 15 is 0 Å². The van der Waals surface area contributed by atoms with Gasteiger partial charge < -0.3 is 14.2 Å². The van der Waals surface area contributed by atoms with Crippen LogP contribution in [0.2, 0.25) is 0 Å². The molecule has 3 aromatic carbocycles. The van der Waals surface area contributed by atoms with Crippen LogP contribution in [0.5, 0.6) is 0 Å². The van der Waals surface area contributed by atoms with E-state index in [9.17, 15) is 25.9 Å². The predicted octanol–water partition coefficient (Wildman–Crippen LogP) is 3.05. The molecule has 2 N–H and O–H groups in total. The summed E-state index contributed by atoms with van der Waals surface area (Å²) in [5, 5.41) is 8.06. The molecule has 0 fully saturated rings. The fraction of sp³-hybridized carbons (Fsp3) is 0.143. The van der Waals surface area contributed by atoms with Crippen molar-refractivity contribution >= 4 is 32.3 Å². The van der Waals surface area contributed by atoms with Crippen molar-refractivity contribution in [1.29, 1.82) is 0 Å². The van der Waals surface area contributed by atoms with Crippen LogP contribution in [-0.4, -0.2) is 41.7 Å². The predicted molar refractivity (Wildman–Crippen MR) is 122 cm³/mol. The van der Waals surface area contributed by atoms with Crippen LogP contribution in [0.25, 0.3) is 0 Å². The summed E-state index contributed by atoms with van der Waals surface area (Å²) in [6, 6.07) is 23.9. The Morgan fingerprint density at radius 1 is 0.706 bits per heavy atom. The number of rotatable bonds is 3. The van der Waals surface area contributed by atoms with Gasteiger partial charge in [0.15, 0.2) is 0 Å². The quantitative estimate of drug-likeness (QED) is 0.275. The van der Waals surface area contributed by atoms with Crippen molar-refractivity contribution in [2.75, 3.05) is 0 Å². The van der Waals surface area contributed by atoms with E-state index in [1.54, 1.807) is 92.7 Å². The van der Waals surface area contributed by atoms with E-state index in [0.717, 1.165) is 20.4 Å². The number of hydrogen-bond donors (Lipinski definition) is 2. The Bertz CT molecular complexity index is 998. The average molecular weight is 564 g/mol. The van der Waals surface area contributed by atoms with Gasteiger partial charge in [-0.25, -0.2) is 0 Å². The van der Waals surface area contributed by atoms with Gasteiger partial charge in [-0.05, 0) is 72.4 Å². The number of aliphatic hydroxyl groups is 1. The molecule has 34 heavy (non-hydrogen) atoms. The molecule has 0 aliphatic carbocycles. The van der Waals surface area contributed by atoms with Crippen molar-refractivity contribution in [2.45, 2.75) is 34.6 Å². The molecule has 0 aliphatic rings. The minimum atomic E-state index is -4.00. The molecular formula is C21H24O9S3Ti. The van der Waals surface area contributed by atoms with Crippen molar-refractivity contribution < 1.29 is 59.3 Å². The monoisotopic (exact) mass is 564 g/mol. The molecular weight excluding hydrogens is 540 g/mol. The zero-order valence-corrected chi connectivity index (χ0v) is 22.2. The Morgan fingerprint density at radius 2 is 0.941 bits per heavy atom. The molecule has 9 nitrogen and oxygen atoms in total. The Labute approximate surface area is 216 Å². The van der Waals surface area contributed by atoms with Crippen molar-refractivity contribution in [2.24, 2.45) is 0 Å². The van der Waals surface area contributed by atoms with Crippen LogP contribution in [0.4, 0.5) is 0 Å². The SMILES string of the molecule is CC(C)O.O=S(=O)(O)c1ccccc1.O=S([O-])c1ccccc1.O=S([O-])c1ccccc1.[O]=[Ti+2]. The molecule has 0 radical (unpaired) electrons. The molecule has 184 valence electrons. The van der Waals surface area contributed by atoms with Crippen molar-refractivity contribution in [1.82, 2.24) is 0 Å². The van der Waals surface area contributed by atoms with Gasteiger partial charge >= 0.3 is 23.7 Å². The summed E-state index contributed by atoms with van der Waals surface area (Å²) < 4.78 is 78.3. The maximum absolute atomic E-state index is 10.4. The van der Waals surface area contributed by atoms with Gasteiger partial charge in [0.25, 0.3) is 10.1 Å². The van der Waals surface area contributed by atoms with E-state index in [2.05, 4.69) is 0 Å². The van der Waals surface area contributed by atoms with Gasteiger partial charge in [-0.2, -0.15) is 8.42 Å². The van der Waals surface area contributed by atoms with Gasteiger partial charge in [-0.3, -0.25) is 13.0 Å². The molecule has 0 heterocycles. The average Bonchev–Trinajstić information content (AvgIpc) is 2.82. The van der Waals surface area contributed by atoms with E-state index in [-0.39, 0.29) is 11.0 Å². The van der Waals surface area contributed by atoms with E-state index in [4.69, 9.17) is 13.0 Å². The number of hydrogen-bond acceptors (Lipinski definition) is 8. The Balaban J connectivity index is 0. The van der Waals surface area contributed by atoms with E-state index in [1.165, 1.54) is 12.1 Å². The molecule has 0 saturated carbocycles. The van der Waals surface area contributed by atoms with Gasteiger partial charge in [0, 0.05) is 15.9 Å². The van der Waals surface area contributed by atoms with Crippen LogP contribution in [0.15, 0.2) is 106 Å². The molecule has 0 aromatic heterocycles. The summed E-state index contributed by atoms with van der Waals surface area (Å²) in [4.78, 5) is 0.588. The molecule has 2 unspecified atom stereocenters. The first-order chi connectivity index (χ1) is 15.9. The van der Waals surface area contributed by atoms with E-state index < -0.39 is 32.3 Å². The van der Waals surface area contributed by atoms with Gasteiger partial charge in [0.1, 0.15) is 0 Å². The van der Waals surface area contributed by atoms with Gasteiger partial charge in [0.2, 0.25) is 0 Å². The second-order valence-corrected chi connectivity index (χ2v) is 9.28. The van der Waals surface area contributed by atoms with Crippen LogP contribution in [0.1, 0.15) is 13.8 Å². The first-order valence-corrected chi connectivity index (χ1v) is 13.4. The van der Waals surface area contributed by atoms with Crippen molar-refractivity contribution in [3.05, 3.63) is 91.0 Å². The van der Waals surface area contributed by atoms with Crippen LogP contribution in [0.3, 0.4) is 0 Å². The molecule has 3 aromatic rings. The molecule has 0 bridgehead atoms. The second-order valence-electron chi connectivity index (χ2n) is 5.98. The molecule has 0 spiro atoms. The summed E-state index contributed by atoms with van der Waals surface area (Å²) in [6.45, 7) is 3.44. The fourth-order valence-corrected chi connectivity index (χ4v) is 2.92. The summed E-state index contributed by atoms with van der Waals surface area (Å²) in [6.07, 6.45) is -0.167. The maximum atomic E-state index is 10.4. The second kappa shape index (κ2) is 20.6. The normalized spacial score (nSPS) is 11.4. The molecule has 3 rings (SSSR count). The first-order valence-electron chi connectivity index (χ1n) is 9.14. The fourth-order valence-electron chi connectivity index (χ4n) is 1.66. The molecule has 0 saturated heterocycles. The van der Waals surface area contributed by atoms with Crippen LogP contribution in [-0.2, 0) is 56.0 Å². The third kappa shape index (κ3) is 19.7. The van der Waals surface area contributed by atoms with Crippen molar-refractivity contribution in [3.8, 4) is 0 Å². The topological polar surface area (TPSA) is 172 Å². The van der Waals surface area contributed by atoms with Gasteiger partial charge in [0.05, 0.1) is 4.90 Å². The van der Waals surface area contributed by atoms with Crippen LogP contribution < -0.4 is 0 Å². The zero-order chi connectivity index (χ0) is 26.6. The van der Waals surface area contributed by atoms with E-state index in [0.29, 0.717) is 9.79 Å². The molecule has 0 aliphatic heterocycles. The van der Waals surface area contributed by atoms with Gasteiger partial charge in [-0.15, -0.1) is 0 Å². The zero-order valence-electron chi connectivity index (χ0n) is 18.2.